The number of carbonyl (C=O) groups excluding carboxylic acids is 1. The Morgan fingerprint density at radius 3 is 2.53 bits per heavy atom. The van der Waals surface area contributed by atoms with Gasteiger partial charge in [-0.2, -0.15) is 0 Å². The number of carbonyl (C=O) groups is 2. The minimum Gasteiger partial charge on any atom is -0.481 e. The van der Waals surface area contributed by atoms with E-state index in [0.29, 0.717) is 12.5 Å². The first-order chi connectivity index (χ1) is 14.5. The van der Waals surface area contributed by atoms with Crippen molar-refractivity contribution in [3.05, 3.63) is 23.4 Å². The maximum atomic E-state index is 13.2. The van der Waals surface area contributed by atoms with Crippen LogP contribution in [0.25, 0.3) is 0 Å². The van der Waals surface area contributed by atoms with Gasteiger partial charge in [0.1, 0.15) is 5.82 Å². The van der Waals surface area contributed by atoms with Crippen LogP contribution in [0.5, 0.6) is 0 Å². The zero-order valence-electron chi connectivity index (χ0n) is 18.1. The van der Waals surface area contributed by atoms with Crippen molar-refractivity contribution in [1.29, 1.82) is 0 Å². The van der Waals surface area contributed by atoms with Crippen molar-refractivity contribution < 1.29 is 14.7 Å². The molecular weight excluding hydrogens is 380 g/mol. The molecule has 4 rings (SSSR count). The molecule has 164 valence electrons. The lowest BCUT2D eigenvalue weighted by molar-refractivity contribution is -0.137. The standard InChI is InChI=1S/C23H34N4O3/c1-2-25-11-9-18-15-21(24-16-19(18)10-12-25)27-14-13-26(23(27)30)20-6-3-17(4-7-20)5-8-22(28)29/h15-17,20H,2-14H2,1H3,(H,28,29). The van der Waals surface area contributed by atoms with Gasteiger partial charge in [0.15, 0.2) is 0 Å². The zero-order chi connectivity index (χ0) is 21.1. The van der Waals surface area contributed by atoms with Gasteiger partial charge in [-0.1, -0.05) is 6.92 Å². The Hall–Kier alpha value is -2.15. The molecule has 0 radical (unpaired) electrons. The van der Waals surface area contributed by atoms with Gasteiger partial charge in [-0.3, -0.25) is 9.69 Å². The van der Waals surface area contributed by atoms with Crippen LogP contribution < -0.4 is 4.90 Å². The van der Waals surface area contributed by atoms with E-state index in [1.807, 2.05) is 16.0 Å². The van der Waals surface area contributed by atoms with Gasteiger partial charge >= 0.3 is 12.0 Å². The number of fused-ring (bicyclic) bond motifs is 1. The monoisotopic (exact) mass is 414 g/mol. The second-order valence-corrected chi connectivity index (χ2v) is 8.98. The molecule has 1 aromatic heterocycles. The highest BCUT2D eigenvalue weighted by atomic mass is 16.4. The number of urea groups is 1. The number of pyridine rings is 1. The average molecular weight is 415 g/mol. The van der Waals surface area contributed by atoms with Crippen molar-refractivity contribution >= 4 is 17.8 Å². The van der Waals surface area contributed by atoms with Gasteiger partial charge < -0.3 is 14.9 Å². The summed E-state index contributed by atoms with van der Waals surface area (Å²) in [6.07, 6.45) is 9.05. The third-order valence-corrected chi connectivity index (χ3v) is 7.25. The third-order valence-electron chi connectivity index (χ3n) is 7.25. The minimum atomic E-state index is -0.710. The number of hydrogen-bond donors (Lipinski definition) is 1. The fourth-order valence-corrected chi connectivity index (χ4v) is 5.28. The number of anilines is 1. The van der Waals surface area contributed by atoms with E-state index in [4.69, 9.17) is 5.11 Å². The lowest BCUT2D eigenvalue weighted by Gasteiger charge is -2.34. The van der Waals surface area contributed by atoms with E-state index in [-0.39, 0.29) is 18.5 Å². The Morgan fingerprint density at radius 1 is 1.10 bits per heavy atom. The zero-order valence-corrected chi connectivity index (χ0v) is 18.1. The lowest BCUT2D eigenvalue weighted by Crippen LogP contribution is -2.41. The first kappa shape index (κ1) is 21.1. The van der Waals surface area contributed by atoms with Gasteiger partial charge in [-0.05, 0) is 74.6 Å². The normalized spacial score (nSPS) is 25.3. The molecule has 1 saturated heterocycles. The molecule has 30 heavy (non-hydrogen) atoms. The molecule has 2 aliphatic heterocycles. The summed E-state index contributed by atoms with van der Waals surface area (Å²) >= 11 is 0. The molecule has 0 bridgehead atoms. The van der Waals surface area contributed by atoms with Crippen LogP contribution in [0.2, 0.25) is 0 Å². The van der Waals surface area contributed by atoms with E-state index in [0.717, 1.165) is 76.9 Å². The smallest absolute Gasteiger partial charge is 0.326 e. The fourth-order valence-electron chi connectivity index (χ4n) is 5.28. The summed E-state index contributed by atoms with van der Waals surface area (Å²) in [5.41, 5.74) is 2.65. The van der Waals surface area contributed by atoms with Gasteiger partial charge in [0, 0.05) is 44.8 Å². The van der Waals surface area contributed by atoms with Gasteiger partial charge in [-0.25, -0.2) is 9.78 Å². The second kappa shape index (κ2) is 9.33. The Labute approximate surface area is 179 Å². The molecule has 3 heterocycles. The van der Waals surface area contributed by atoms with Crippen molar-refractivity contribution in [1.82, 2.24) is 14.8 Å². The number of aromatic nitrogens is 1. The number of aliphatic carboxylic acids is 1. The van der Waals surface area contributed by atoms with E-state index in [1.165, 1.54) is 11.1 Å². The van der Waals surface area contributed by atoms with Gasteiger partial charge in [0.25, 0.3) is 0 Å². The number of rotatable bonds is 6. The Bertz CT molecular complexity index is 776. The van der Waals surface area contributed by atoms with Crippen LogP contribution in [-0.2, 0) is 17.6 Å². The molecular formula is C23H34N4O3. The molecule has 1 saturated carbocycles. The van der Waals surface area contributed by atoms with E-state index < -0.39 is 5.97 Å². The average Bonchev–Trinajstić information content (AvgIpc) is 3.01. The summed E-state index contributed by atoms with van der Waals surface area (Å²) in [6.45, 7) is 6.88. The van der Waals surface area contributed by atoms with Crippen LogP contribution in [-0.4, -0.2) is 70.7 Å². The topological polar surface area (TPSA) is 77.0 Å². The summed E-state index contributed by atoms with van der Waals surface area (Å²) in [6, 6.07) is 2.50. The molecule has 0 spiro atoms. The molecule has 1 aromatic rings. The summed E-state index contributed by atoms with van der Waals surface area (Å²) < 4.78 is 0. The molecule has 3 aliphatic rings. The molecule has 7 heteroatoms. The van der Waals surface area contributed by atoms with Gasteiger partial charge in [0.05, 0.1) is 0 Å². The highest BCUT2D eigenvalue weighted by molar-refractivity contribution is 5.93. The Morgan fingerprint density at radius 2 is 1.83 bits per heavy atom. The number of likely N-dealkylation sites (N-methyl/N-ethyl adjacent to an activating group) is 1. The van der Waals surface area contributed by atoms with Crippen LogP contribution in [0.3, 0.4) is 0 Å². The quantitative estimate of drug-likeness (QED) is 0.774. The first-order valence-corrected chi connectivity index (χ1v) is 11.5. The third kappa shape index (κ3) is 4.61. The molecule has 1 aliphatic carbocycles. The summed E-state index contributed by atoms with van der Waals surface area (Å²) in [5.74, 6) is 0.569. The van der Waals surface area contributed by atoms with Crippen molar-refractivity contribution in [3.63, 3.8) is 0 Å². The minimum absolute atomic E-state index is 0.0836. The molecule has 0 aromatic carbocycles. The van der Waals surface area contributed by atoms with E-state index >= 15 is 0 Å². The van der Waals surface area contributed by atoms with Crippen LogP contribution in [0.4, 0.5) is 10.6 Å². The molecule has 2 fully saturated rings. The highest BCUT2D eigenvalue weighted by Crippen LogP contribution is 2.33. The summed E-state index contributed by atoms with van der Waals surface area (Å²) in [5, 5.41) is 8.89. The molecule has 1 N–H and O–H groups in total. The Balaban J connectivity index is 1.36. The molecule has 0 atom stereocenters. The summed E-state index contributed by atoms with van der Waals surface area (Å²) in [7, 11) is 0. The number of carboxylic acid groups (broad SMARTS) is 1. The lowest BCUT2D eigenvalue weighted by atomic mass is 9.83. The number of hydrogen-bond acceptors (Lipinski definition) is 4. The van der Waals surface area contributed by atoms with Gasteiger partial charge in [0.2, 0.25) is 0 Å². The maximum Gasteiger partial charge on any atom is 0.326 e. The number of amides is 2. The van der Waals surface area contributed by atoms with Crippen LogP contribution in [0.1, 0.15) is 56.6 Å². The van der Waals surface area contributed by atoms with Gasteiger partial charge in [-0.15, -0.1) is 0 Å². The van der Waals surface area contributed by atoms with E-state index in [9.17, 15) is 9.59 Å². The van der Waals surface area contributed by atoms with Crippen LogP contribution in [0.15, 0.2) is 12.3 Å². The number of nitrogens with zero attached hydrogens (tertiary/aromatic N) is 4. The molecule has 7 nitrogen and oxygen atoms in total. The SMILES string of the molecule is CCN1CCc2cnc(N3CCN(C4CCC(CCC(=O)O)CC4)C3=O)cc2CC1. The van der Waals surface area contributed by atoms with Crippen molar-refractivity contribution in [2.75, 3.05) is 37.6 Å². The van der Waals surface area contributed by atoms with E-state index in [1.54, 1.807) is 0 Å². The molecule has 2 amide bonds. The predicted molar refractivity (Wildman–Crippen MR) is 116 cm³/mol. The molecule has 0 unspecified atom stereocenters. The highest BCUT2D eigenvalue weighted by Gasteiger charge is 2.37. The maximum absolute atomic E-state index is 13.2. The Kier molecular flexibility index (Phi) is 6.56. The predicted octanol–water partition coefficient (Wildman–Crippen LogP) is 3.17. The largest absolute Gasteiger partial charge is 0.481 e. The van der Waals surface area contributed by atoms with Crippen LogP contribution >= 0.6 is 0 Å². The fraction of sp³-hybridized carbons (Fsp3) is 0.696. The van der Waals surface area contributed by atoms with E-state index in [2.05, 4.69) is 22.9 Å². The van der Waals surface area contributed by atoms with Crippen molar-refractivity contribution in [2.45, 2.75) is 64.3 Å². The summed E-state index contributed by atoms with van der Waals surface area (Å²) in [4.78, 5) is 35.0. The first-order valence-electron chi connectivity index (χ1n) is 11.5. The van der Waals surface area contributed by atoms with Crippen molar-refractivity contribution in [3.8, 4) is 0 Å². The number of carboxylic acids is 1. The second-order valence-electron chi connectivity index (χ2n) is 8.98. The van der Waals surface area contributed by atoms with Crippen molar-refractivity contribution in [2.24, 2.45) is 5.92 Å². The van der Waals surface area contributed by atoms with Crippen LogP contribution in [0, 0.1) is 5.92 Å².